The molecule has 0 unspecified atom stereocenters. The normalized spacial score (nSPS) is 11.3. The van der Waals surface area contributed by atoms with Crippen molar-refractivity contribution in [3.63, 3.8) is 0 Å². The van der Waals surface area contributed by atoms with Crippen LogP contribution in [0.15, 0.2) is 194 Å². The minimum Gasteiger partial charge on any atom is -0.310 e. The molecule has 6 heteroatoms. The summed E-state index contributed by atoms with van der Waals surface area (Å²) in [6.45, 7) is 0. The first-order valence-corrected chi connectivity index (χ1v) is 18.7. The van der Waals surface area contributed by atoms with Crippen molar-refractivity contribution in [3.8, 4) is 11.1 Å². The van der Waals surface area contributed by atoms with Crippen LogP contribution < -0.4 is 9.80 Å². The van der Waals surface area contributed by atoms with E-state index in [9.17, 15) is 17.6 Å². The highest BCUT2D eigenvalue weighted by atomic mass is 19.1. The molecule has 8 aromatic carbocycles. The number of hydrogen-bond acceptors (Lipinski definition) is 2. The van der Waals surface area contributed by atoms with E-state index in [-0.39, 0.29) is 23.3 Å². The van der Waals surface area contributed by atoms with Gasteiger partial charge in [0.25, 0.3) is 0 Å². The van der Waals surface area contributed by atoms with Crippen molar-refractivity contribution < 1.29 is 17.6 Å². The van der Waals surface area contributed by atoms with Gasteiger partial charge in [-0.15, -0.1) is 0 Å². The molecular weight excluding hydrogens is 729 g/mol. The summed E-state index contributed by atoms with van der Waals surface area (Å²) in [5.41, 5.74) is 11.2. The number of anilines is 6. The van der Waals surface area contributed by atoms with Crippen LogP contribution in [0.4, 0.5) is 51.7 Å². The summed E-state index contributed by atoms with van der Waals surface area (Å²) in [6.07, 6.45) is 8.25. The average molecular weight is 765 g/mol. The highest BCUT2D eigenvalue weighted by Crippen LogP contribution is 2.36. The van der Waals surface area contributed by atoms with Crippen LogP contribution in [0, 0.1) is 23.3 Å². The number of nitrogens with zero attached hydrogens (tertiary/aromatic N) is 2. The van der Waals surface area contributed by atoms with E-state index >= 15 is 0 Å². The molecule has 0 atom stereocenters. The van der Waals surface area contributed by atoms with Crippen molar-refractivity contribution in [2.75, 3.05) is 9.80 Å². The van der Waals surface area contributed by atoms with Crippen molar-refractivity contribution in [2.45, 2.75) is 0 Å². The second-order valence-electron chi connectivity index (χ2n) is 13.7. The Bertz CT molecular complexity index is 2350. The third kappa shape index (κ3) is 8.99. The molecule has 8 aromatic rings. The van der Waals surface area contributed by atoms with Crippen LogP contribution in [-0.2, 0) is 0 Å². The Hall–Kier alpha value is -7.44. The molecule has 8 rings (SSSR count). The SMILES string of the molecule is Fc1ccc(N(c2ccc(F)cc2)c2ccc(/C=C/c3ccc(-c4ccc(/C=C/c5ccc(N(c6ccc(F)cc6)c6ccc(F)cc6)cc5)cc4)cc3)cc2)cc1. The molecule has 0 bridgehead atoms. The standard InChI is InChI=1S/C52H36F4N2/c53-43-17-29-49(30-18-43)57(50-31-19-44(54)20-32-50)47-25-9-39(10-26-47)3-1-37-5-13-41(14-6-37)42-15-7-38(8-16-42)2-4-40-11-27-48(28-12-40)58(51-33-21-45(55)22-34-51)52-35-23-46(56)24-36-52/h1-36H/b3-1+,4-2+. The molecule has 0 aliphatic carbocycles. The molecule has 0 spiro atoms. The highest BCUT2D eigenvalue weighted by molar-refractivity contribution is 5.80. The molecule has 2 nitrogen and oxygen atoms in total. The van der Waals surface area contributed by atoms with E-state index in [1.54, 1.807) is 48.5 Å². The Morgan fingerprint density at radius 3 is 0.603 bits per heavy atom. The largest absolute Gasteiger partial charge is 0.310 e. The molecule has 0 N–H and O–H groups in total. The summed E-state index contributed by atoms with van der Waals surface area (Å²) in [4.78, 5) is 3.91. The lowest BCUT2D eigenvalue weighted by molar-refractivity contribution is 0.627. The second-order valence-corrected chi connectivity index (χ2v) is 13.7. The van der Waals surface area contributed by atoms with Crippen molar-refractivity contribution in [1.82, 2.24) is 0 Å². The summed E-state index contributed by atoms with van der Waals surface area (Å²) in [6, 6.07) is 57.8. The number of benzene rings is 8. The van der Waals surface area contributed by atoms with Crippen LogP contribution in [0.25, 0.3) is 35.4 Å². The van der Waals surface area contributed by atoms with Crippen molar-refractivity contribution in [3.05, 3.63) is 240 Å². The van der Waals surface area contributed by atoms with E-state index in [1.807, 2.05) is 58.3 Å². The summed E-state index contributed by atoms with van der Waals surface area (Å²) in [7, 11) is 0. The predicted octanol–water partition coefficient (Wildman–Crippen LogP) is 15.2. The second kappa shape index (κ2) is 17.1. The Morgan fingerprint density at radius 2 is 0.397 bits per heavy atom. The van der Waals surface area contributed by atoms with Crippen molar-refractivity contribution >= 4 is 58.4 Å². The van der Waals surface area contributed by atoms with Gasteiger partial charge in [0.15, 0.2) is 0 Å². The van der Waals surface area contributed by atoms with Gasteiger partial charge in [0, 0.05) is 34.1 Å². The fourth-order valence-electron chi connectivity index (χ4n) is 6.68. The van der Waals surface area contributed by atoms with Gasteiger partial charge in [0.2, 0.25) is 0 Å². The first-order chi connectivity index (χ1) is 28.3. The predicted molar refractivity (Wildman–Crippen MR) is 232 cm³/mol. The van der Waals surface area contributed by atoms with E-state index in [2.05, 4.69) is 72.8 Å². The van der Waals surface area contributed by atoms with Gasteiger partial charge in [-0.1, -0.05) is 97.1 Å². The lowest BCUT2D eigenvalue weighted by Gasteiger charge is -2.25. The van der Waals surface area contributed by atoms with Crippen LogP contribution in [-0.4, -0.2) is 0 Å². The van der Waals surface area contributed by atoms with Gasteiger partial charge in [-0.3, -0.25) is 0 Å². The van der Waals surface area contributed by atoms with Gasteiger partial charge in [-0.2, -0.15) is 0 Å². The molecule has 0 heterocycles. The fourth-order valence-corrected chi connectivity index (χ4v) is 6.68. The first kappa shape index (κ1) is 37.5. The Morgan fingerprint density at radius 1 is 0.224 bits per heavy atom. The van der Waals surface area contributed by atoms with Crippen LogP contribution in [0.3, 0.4) is 0 Å². The molecule has 0 aromatic heterocycles. The monoisotopic (exact) mass is 764 g/mol. The molecule has 0 saturated heterocycles. The summed E-state index contributed by atoms with van der Waals surface area (Å²) < 4.78 is 54.8. The zero-order valence-corrected chi connectivity index (χ0v) is 31.2. The van der Waals surface area contributed by atoms with Crippen molar-refractivity contribution in [1.29, 1.82) is 0 Å². The number of hydrogen-bond donors (Lipinski definition) is 0. The van der Waals surface area contributed by atoms with E-state index < -0.39 is 0 Å². The molecular formula is C52H36F4N2. The minimum absolute atomic E-state index is 0.321. The summed E-state index contributed by atoms with van der Waals surface area (Å²) >= 11 is 0. The molecule has 0 fully saturated rings. The molecule has 0 amide bonds. The quantitative estimate of drug-likeness (QED) is 0.0956. The molecule has 282 valence electrons. The Balaban J connectivity index is 0.908. The van der Waals surface area contributed by atoms with E-state index in [4.69, 9.17) is 0 Å². The third-order valence-electron chi connectivity index (χ3n) is 9.73. The fraction of sp³-hybridized carbons (Fsp3) is 0. The van der Waals surface area contributed by atoms with E-state index in [1.165, 1.54) is 48.5 Å². The topological polar surface area (TPSA) is 6.48 Å². The van der Waals surface area contributed by atoms with Gasteiger partial charge >= 0.3 is 0 Å². The van der Waals surface area contributed by atoms with Gasteiger partial charge in [0.05, 0.1) is 0 Å². The molecule has 0 saturated carbocycles. The van der Waals surface area contributed by atoms with Crippen molar-refractivity contribution in [2.24, 2.45) is 0 Å². The Kier molecular flexibility index (Phi) is 11.1. The van der Waals surface area contributed by atoms with Crippen LogP contribution in [0.2, 0.25) is 0 Å². The molecule has 0 aliphatic heterocycles. The smallest absolute Gasteiger partial charge is 0.123 e. The zero-order valence-electron chi connectivity index (χ0n) is 31.2. The summed E-state index contributed by atoms with van der Waals surface area (Å²) in [5, 5.41) is 0. The van der Waals surface area contributed by atoms with Gasteiger partial charge in [-0.25, -0.2) is 17.6 Å². The van der Waals surface area contributed by atoms with Crippen LogP contribution in [0.5, 0.6) is 0 Å². The molecule has 0 radical (unpaired) electrons. The number of rotatable bonds is 11. The Labute approximate surface area is 335 Å². The molecule has 58 heavy (non-hydrogen) atoms. The van der Waals surface area contributed by atoms with Gasteiger partial charge in [0.1, 0.15) is 23.3 Å². The maximum absolute atomic E-state index is 13.7. The van der Waals surface area contributed by atoms with Gasteiger partial charge in [-0.05, 0) is 155 Å². The van der Waals surface area contributed by atoms with Gasteiger partial charge < -0.3 is 9.80 Å². The maximum atomic E-state index is 13.7. The number of halogens is 4. The average Bonchev–Trinajstić information content (AvgIpc) is 3.26. The summed E-state index contributed by atoms with van der Waals surface area (Å²) in [5.74, 6) is -1.28. The lowest BCUT2D eigenvalue weighted by atomic mass is 10.0. The van der Waals surface area contributed by atoms with E-state index in [0.29, 0.717) is 0 Å². The minimum atomic E-state index is -0.321. The van der Waals surface area contributed by atoms with E-state index in [0.717, 1.165) is 67.5 Å². The maximum Gasteiger partial charge on any atom is 0.123 e. The first-order valence-electron chi connectivity index (χ1n) is 18.7. The zero-order chi connectivity index (χ0) is 39.8. The molecule has 0 aliphatic rings. The highest BCUT2D eigenvalue weighted by Gasteiger charge is 2.14. The van der Waals surface area contributed by atoms with Crippen LogP contribution >= 0.6 is 0 Å². The third-order valence-corrected chi connectivity index (χ3v) is 9.73. The lowest BCUT2D eigenvalue weighted by Crippen LogP contribution is -2.09. The van der Waals surface area contributed by atoms with Crippen LogP contribution in [0.1, 0.15) is 22.3 Å².